The minimum Gasteiger partial charge on any atom is -0.493 e. The monoisotopic (exact) mass is 408 g/mol. The number of nitrogens with one attached hydrogen (secondary N) is 2. The van der Waals surface area contributed by atoms with E-state index < -0.39 is 0 Å². The third kappa shape index (κ3) is 4.35. The van der Waals surface area contributed by atoms with Crippen molar-refractivity contribution in [1.29, 1.82) is 0 Å². The maximum absolute atomic E-state index is 12.7. The predicted molar refractivity (Wildman–Crippen MR) is 117 cm³/mol. The zero-order valence-electron chi connectivity index (χ0n) is 17.5. The van der Waals surface area contributed by atoms with Gasteiger partial charge >= 0.3 is 0 Å². The van der Waals surface area contributed by atoms with Crippen LogP contribution in [0, 0.1) is 5.92 Å². The Morgan fingerprint density at radius 2 is 2.00 bits per heavy atom. The Morgan fingerprint density at radius 3 is 2.73 bits per heavy atom. The number of imidazole rings is 1. The molecule has 0 radical (unpaired) electrons. The van der Waals surface area contributed by atoms with Crippen molar-refractivity contribution in [3.8, 4) is 11.5 Å². The van der Waals surface area contributed by atoms with Crippen LogP contribution < -0.4 is 19.7 Å². The fraction of sp³-hybridized carbons (Fsp3) is 0.391. The normalized spacial score (nSPS) is 14.7. The van der Waals surface area contributed by atoms with E-state index in [1.165, 1.54) is 0 Å². The van der Waals surface area contributed by atoms with Crippen LogP contribution in [0.3, 0.4) is 0 Å². The molecule has 2 N–H and O–H groups in total. The molecule has 0 aliphatic carbocycles. The van der Waals surface area contributed by atoms with Gasteiger partial charge in [0.1, 0.15) is 0 Å². The van der Waals surface area contributed by atoms with Crippen LogP contribution in [0.2, 0.25) is 0 Å². The number of carbonyl (C=O) groups excluding carboxylic acids is 1. The van der Waals surface area contributed by atoms with Crippen LogP contribution in [0.15, 0.2) is 42.5 Å². The molecule has 0 saturated carbocycles. The predicted octanol–water partition coefficient (Wildman–Crippen LogP) is 3.50. The second kappa shape index (κ2) is 9.07. The van der Waals surface area contributed by atoms with Crippen molar-refractivity contribution >= 4 is 22.9 Å². The molecule has 3 aromatic rings. The highest BCUT2D eigenvalue weighted by atomic mass is 16.5. The minimum atomic E-state index is 0.0234. The van der Waals surface area contributed by atoms with Crippen molar-refractivity contribution in [2.45, 2.75) is 26.3 Å². The van der Waals surface area contributed by atoms with E-state index in [1.807, 2.05) is 49.4 Å². The van der Waals surface area contributed by atoms with E-state index in [-0.39, 0.29) is 11.8 Å². The number of H-pyrrole nitrogens is 1. The third-order valence-electron chi connectivity index (χ3n) is 5.54. The minimum absolute atomic E-state index is 0.0234. The van der Waals surface area contributed by atoms with Crippen molar-refractivity contribution in [2.24, 2.45) is 5.92 Å². The lowest BCUT2D eigenvalue weighted by molar-refractivity contribution is -0.125. The average molecular weight is 409 g/mol. The number of para-hydroxylation sites is 2. The number of methoxy groups -OCH3 is 1. The van der Waals surface area contributed by atoms with Gasteiger partial charge in [0.25, 0.3) is 0 Å². The Hall–Kier alpha value is -3.22. The summed E-state index contributed by atoms with van der Waals surface area (Å²) in [4.78, 5) is 22.9. The summed E-state index contributed by atoms with van der Waals surface area (Å²) >= 11 is 0. The van der Waals surface area contributed by atoms with Gasteiger partial charge in [-0.15, -0.1) is 0 Å². The molecule has 1 aliphatic rings. The molecular weight excluding hydrogens is 380 g/mol. The molecule has 1 aliphatic heterocycles. The fourth-order valence-corrected chi connectivity index (χ4v) is 3.87. The number of nitrogens with zero attached hydrogens (tertiary/aromatic N) is 2. The molecular formula is C23H28N4O3. The first-order chi connectivity index (χ1) is 14.7. The number of carbonyl (C=O) groups is 1. The van der Waals surface area contributed by atoms with Crippen molar-refractivity contribution in [1.82, 2.24) is 15.3 Å². The number of fused-ring (bicyclic) bond motifs is 1. The molecule has 158 valence electrons. The van der Waals surface area contributed by atoms with Gasteiger partial charge in [-0.2, -0.15) is 0 Å². The van der Waals surface area contributed by atoms with E-state index >= 15 is 0 Å². The number of ether oxygens (including phenoxy) is 2. The standard InChI is InChI=1S/C23H28N4O3/c1-3-30-20-9-8-16(14-21(20)29-2)15-24-22(28)17-10-12-27(13-11-17)23-25-18-6-4-5-7-19(18)26-23/h4-9,14,17H,3,10-13,15H2,1-2H3,(H,24,28)(H,25,26). The molecule has 7 heteroatoms. The van der Waals surface area contributed by atoms with Crippen molar-refractivity contribution < 1.29 is 14.3 Å². The molecule has 2 aromatic carbocycles. The molecule has 1 aromatic heterocycles. The van der Waals surface area contributed by atoms with E-state index in [0.29, 0.717) is 24.7 Å². The van der Waals surface area contributed by atoms with Gasteiger partial charge in [0.2, 0.25) is 11.9 Å². The van der Waals surface area contributed by atoms with E-state index in [0.717, 1.165) is 48.5 Å². The number of hydrogen-bond donors (Lipinski definition) is 2. The summed E-state index contributed by atoms with van der Waals surface area (Å²) in [6, 6.07) is 13.8. The summed E-state index contributed by atoms with van der Waals surface area (Å²) in [5.74, 6) is 2.41. The van der Waals surface area contributed by atoms with Crippen LogP contribution in [-0.2, 0) is 11.3 Å². The molecule has 1 amide bonds. The number of benzene rings is 2. The number of anilines is 1. The summed E-state index contributed by atoms with van der Waals surface area (Å²) in [5.41, 5.74) is 3.00. The summed E-state index contributed by atoms with van der Waals surface area (Å²) in [6.45, 7) is 4.63. The van der Waals surface area contributed by atoms with Crippen LogP contribution in [0.1, 0.15) is 25.3 Å². The zero-order valence-corrected chi connectivity index (χ0v) is 17.5. The molecule has 1 saturated heterocycles. The number of amides is 1. The molecule has 1 fully saturated rings. The molecule has 0 unspecified atom stereocenters. The summed E-state index contributed by atoms with van der Waals surface area (Å²) in [6.07, 6.45) is 1.63. The topological polar surface area (TPSA) is 79.5 Å². The number of aromatic nitrogens is 2. The van der Waals surface area contributed by atoms with Gasteiger partial charge in [0.05, 0.1) is 24.8 Å². The lowest BCUT2D eigenvalue weighted by atomic mass is 9.96. The second-order valence-corrected chi connectivity index (χ2v) is 7.47. The second-order valence-electron chi connectivity index (χ2n) is 7.47. The molecule has 30 heavy (non-hydrogen) atoms. The largest absolute Gasteiger partial charge is 0.493 e. The van der Waals surface area contributed by atoms with E-state index in [4.69, 9.17) is 9.47 Å². The number of aromatic amines is 1. The first-order valence-corrected chi connectivity index (χ1v) is 10.4. The number of rotatable bonds is 7. The highest BCUT2D eigenvalue weighted by molar-refractivity contribution is 5.79. The molecule has 4 rings (SSSR count). The van der Waals surface area contributed by atoms with Gasteiger partial charge in [-0.25, -0.2) is 4.98 Å². The molecule has 7 nitrogen and oxygen atoms in total. The fourth-order valence-electron chi connectivity index (χ4n) is 3.87. The highest BCUT2D eigenvalue weighted by Gasteiger charge is 2.26. The van der Waals surface area contributed by atoms with Crippen LogP contribution in [0.25, 0.3) is 11.0 Å². The summed E-state index contributed by atoms with van der Waals surface area (Å²) in [5, 5.41) is 3.07. The number of piperidine rings is 1. The van der Waals surface area contributed by atoms with Gasteiger partial charge in [-0.3, -0.25) is 4.79 Å². The quantitative estimate of drug-likeness (QED) is 0.626. The van der Waals surface area contributed by atoms with Gasteiger partial charge in [0.15, 0.2) is 11.5 Å². The van der Waals surface area contributed by atoms with Crippen LogP contribution >= 0.6 is 0 Å². The number of hydrogen-bond acceptors (Lipinski definition) is 5. The Bertz CT molecular complexity index is 976. The molecule has 0 atom stereocenters. The third-order valence-corrected chi connectivity index (χ3v) is 5.54. The smallest absolute Gasteiger partial charge is 0.223 e. The van der Waals surface area contributed by atoms with Crippen molar-refractivity contribution in [3.63, 3.8) is 0 Å². The Kier molecular flexibility index (Phi) is 6.07. The van der Waals surface area contributed by atoms with Crippen molar-refractivity contribution in [3.05, 3.63) is 48.0 Å². The van der Waals surface area contributed by atoms with E-state index in [2.05, 4.69) is 20.2 Å². The van der Waals surface area contributed by atoms with Crippen LogP contribution in [0.4, 0.5) is 5.95 Å². The molecule has 2 heterocycles. The van der Waals surface area contributed by atoms with E-state index in [1.54, 1.807) is 7.11 Å². The van der Waals surface area contributed by atoms with Crippen molar-refractivity contribution in [2.75, 3.05) is 31.7 Å². The zero-order chi connectivity index (χ0) is 20.9. The first-order valence-electron chi connectivity index (χ1n) is 10.4. The maximum Gasteiger partial charge on any atom is 0.223 e. The molecule has 0 bridgehead atoms. The Labute approximate surface area is 176 Å². The van der Waals surface area contributed by atoms with Crippen LogP contribution in [0.5, 0.6) is 11.5 Å². The van der Waals surface area contributed by atoms with Crippen LogP contribution in [-0.4, -0.2) is 42.7 Å². The van der Waals surface area contributed by atoms with Gasteiger partial charge in [-0.1, -0.05) is 18.2 Å². The van der Waals surface area contributed by atoms with Gasteiger partial charge < -0.3 is 24.7 Å². The van der Waals surface area contributed by atoms with Gasteiger partial charge in [0, 0.05) is 25.6 Å². The Balaban J connectivity index is 1.30. The average Bonchev–Trinajstić information content (AvgIpc) is 3.23. The first kappa shape index (κ1) is 20.1. The highest BCUT2D eigenvalue weighted by Crippen LogP contribution is 2.28. The Morgan fingerprint density at radius 1 is 1.20 bits per heavy atom. The van der Waals surface area contributed by atoms with Gasteiger partial charge in [-0.05, 0) is 49.6 Å². The summed E-state index contributed by atoms with van der Waals surface area (Å²) < 4.78 is 10.9. The summed E-state index contributed by atoms with van der Waals surface area (Å²) in [7, 11) is 1.62. The lowest BCUT2D eigenvalue weighted by Gasteiger charge is -2.31. The van der Waals surface area contributed by atoms with E-state index in [9.17, 15) is 4.79 Å². The SMILES string of the molecule is CCOc1ccc(CNC(=O)C2CCN(c3nc4ccccc4[nH]3)CC2)cc1OC. The molecule has 0 spiro atoms. The maximum atomic E-state index is 12.7. The lowest BCUT2D eigenvalue weighted by Crippen LogP contribution is -2.40.